The summed E-state index contributed by atoms with van der Waals surface area (Å²) in [5, 5.41) is 19.5. The number of hydrogen-bond acceptors (Lipinski definition) is 4. The van der Waals surface area contributed by atoms with Crippen LogP contribution in [0, 0.1) is 6.92 Å². The van der Waals surface area contributed by atoms with Crippen molar-refractivity contribution in [2.45, 2.75) is 6.92 Å². The average molecular weight is 264 g/mol. The second-order valence-electron chi connectivity index (χ2n) is 3.70. The number of aryl methyl sites for hydroxylation is 1. The van der Waals surface area contributed by atoms with Gasteiger partial charge in [-0.2, -0.15) is 0 Å². The summed E-state index contributed by atoms with van der Waals surface area (Å²) in [6.07, 6.45) is 0. The van der Waals surface area contributed by atoms with Gasteiger partial charge in [0.05, 0.1) is 0 Å². The van der Waals surface area contributed by atoms with E-state index in [9.17, 15) is 9.90 Å². The van der Waals surface area contributed by atoms with Gasteiger partial charge >= 0.3 is 0 Å². The van der Waals surface area contributed by atoms with Crippen LogP contribution in [-0.4, -0.2) is 21.2 Å². The molecule has 0 saturated heterocycles. The second-order valence-corrected chi connectivity index (χ2v) is 4.08. The summed E-state index contributed by atoms with van der Waals surface area (Å²) in [5.74, 6) is -0.205. The molecule has 0 fully saturated rings. The standard InChI is InChI=1S/C12H10ClN3O2/c1-7-6-8(2-4-10(7)17)14-12(18)9-3-5-11(13)16-15-9/h2-6,17H,1H3,(H,14,18). The maximum atomic E-state index is 11.8. The molecular weight excluding hydrogens is 254 g/mol. The molecule has 2 rings (SSSR count). The molecule has 18 heavy (non-hydrogen) atoms. The molecule has 1 aromatic heterocycles. The summed E-state index contributed by atoms with van der Waals surface area (Å²) in [6, 6.07) is 7.75. The Morgan fingerprint density at radius 3 is 2.67 bits per heavy atom. The lowest BCUT2D eigenvalue weighted by atomic mass is 10.2. The maximum Gasteiger partial charge on any atom is 0.276 e. The molecule has 0 aliphatic heterocycles. The number of anilines is 1. The first-order valence-corrected chi connectivity index (χ1v) is 5.54. The SMILES string of the molecule is Cc1cc(NC(=O)c2ccc(Cl)nn2)ccc1O. The lowest BCUT2D eigenvalue weighted by molar-refractivity contribution is 0.102. The highest BCUT2D eigenvalue weighted by Crippen LogP contribution is 2.20. The molecule has 1 amide bonds. The second kappa shape index (κ2) is 5.01. The van der Waals surface area contributed by atoms with Gasteiger partial charge in [0.15, 0.2) is 10.8 Å². The van der Waals surface area contributed by atoms with Gasteiger partial charge in [-0.25, -0.2) is 0 Å². The zero-order valence-corrected chi connectivity index (χ0v) is 10.3. The molecule has 0 bridgehead atoms. The fourth-order valence-electron chi connectivity index (χ4n) is 1.37. The Bertz CT molecular complexity index is 584. The van der Waals surface area contributed by atoms with Crippen LogP contribution >= 0.6 is 11.6 Å². The van der Waals surface area contributed by atoms with E-state index in [0.29, 0.717) is 11.3 Å². The van der Waals surface area contributed by atoms with Gasteiger partial charge in [-0.05, 0) is 42.8 Å². The van der Waals surface area contributed by atoms with Crippen molar-refractivity contribution in [1.82, 2.24) is 10.2 Å². The highest BCUT2D eigenvalue weighted by molar-refractivity contribution is 6.29. The first kappa shape index (κ1) is 12.3. The molecule has 0 radical (unpaired) electrons. The number of nitrogens with one attached hydrogen (secondary N) is 1. The van der Waals surface area contributed by atoms with Crippen LogP contribution in [0.5, 0.6) is 5.75 Å². The van der Waals surface area contributed by atoms with Gasteiger partial charge in [0.25, 0.3) is 5.91 Å². The van der Waals surface area contributed by atoms with Crippen molar-refractivity contribution in [2.24, 2.45) is 0 Å². The van der Waals surface area contributed by atoms with E-state index >= 15 is 0 Å². The normalized spacial score (nSPS) is 10.1. The van der Waals surface area contributed by atoms with Crippen molar-refractivity contribution in [1.29, 1.82) is 0 Å². The summed E-state index contributed by atoms with van der Waals surface area (Å²) >= 11 is 5.58. The number of benzene rings is 1. The lowest BCUT2D eigenvalue weighted by Crippen LogP contribution is -2.14. The van der Waals surface area contributed by atoms with E-state index in [1.54, 1.807) is 19.1 Å². The zero-order chi connectivity index (χ0) is 13.1. The fraction of sp³-hybridized carbons (Fsp3) is 0.0833. The van der Waals surface area contributed by atoms with Crippen LogP contribution in [-0.2, 0) is 0 Å². The lowest BCUT2D eigenvalue weighted by Gasteiger charge is -2.06. The van der Waals surface area contributed by atoms with Crippen LogP contribution < -0.4 is 5.32 Å². The van der Waals surface area contributed by atoms with Gasteiger partial charge in [-0.15, -0.1) is 10.2 Å². The van der Waals surface area contributed by atoms with Gasteiger partial charge in [0.1, 0.15) is 5.75 Å². The molecule has 0 spiro atoms. The highest BCUT2D eigenvalue weighted by Gasteiger charge is 2.09. The molecule has 1 aromatic carbocycles. The fourth-order valence-corrected chi connectivity index (χ4v) is 1.47. The number of phenolic OH excluding ortho intramolecular Hbond substituents is 1. The number of rotatable bonds is 2. The van der Waals surface area contributed by atoms with Crippen LogP contribution in [0.4, 0.5) is 5.69 Å². The molecule has 2 aromatic rings. The Morgan fingerprint density at radius 2 is 2.06 bits per heavy atom. The number of aromatic hydroxyl groups is 1. The molecule has 0 saturated carbocycles. The number of hydrogen-bond donors (Lipinski definition) is 2. The van der Waals surface area contributed by atoms with E-state index in [0.717, 1.165) is 0 Å². The van der Waals surface area contributed by atoms with E-state index in [4.69, 9.17) is 11.6 Å². The van der Waals surface area contributed by atoms with Crippen LogP contribution in [0.3, 0.4) is 0 Å². The Kier molecular flexibility index (Phi) is 3.43. The van der Waals surface area contributed by atoms with Crippen molar-refractivity contribution in [3.05, 3.63) is 46.7 Å². The largest absolute Gasteiger partial charge is 0.508 e. The number of aromatic nitrogens is 2. The smallest absolute Gasteiger partial charge is 0.276 e. The van der Waals surface area contributed by atoms with Crippen molar-refractivity contribution in [3.63, 3.8) is 0 Å². The average Bonchev–Trinajstić information content (AvgIpc) is 2.34. The minimum absolute atomic E-state index is 0.171. The molecule has 0 atom stereocenters. The molecule has 6 heteroatoms. The molecule has 5 nitrogen and oxygen atoms in total. The van der Waals surface area contributed by atoms with Crippen LogP contribution in [0.1, 0.15) is 16.1 Å². The van der Waals surface area contributed by atoms with Crippen LogP contribution in [0.2, 0.25) is 5.15 Å². The molecule has 2 N–H and O–H groups in total. The summed E-state index contributed by atoms with van der Waals surface area (Å²) in [6.45, 7) is 1.74. The number of amides is 1. The summed E-state index contributed by atoms with van der Waals surface area (Å²) in [7, 11) is 0. The van der Waals surface area contributed by atoms with Gasteiger partial charge in [0, 0.05) is 5.69 Å². The van der Waals surface area contributed by atoms with Crippen LogP contribution in [0.25, 0.3) is 0 Å². The molecule has 1 heterocycles. The molecular formula is C12H10ClN3O2. The molecule has 0 aliphatic rings. The first-order valence-electron chi connectivity index (χ1n) is 5.16. The number of phenols is 1. The van der Waals surface area contributed by atoms with E-state index in [1.165, 1.54) is 18.2 Å². The number of carbonyl (C=O) groups excluding carboxylic acids is 1. The van der Waals surface area contributed by atoms with Crippen LogP contribution in [0.15, 0.2) is 30.3 Å². The van der Waals surface area contributed by atoms with E-state index in [1.807, 2.05) is 0 Å². The maximum absolute atomic E-state index is 11.8. The number of nitrogens with zero attached hydrogens (tertiary/aromatic N) is 2. The minimum Gasteiger partial charge on any atom is -0.508 e. The quantitative estimate of drug-likeness (QED) is 0.816. The topological polar surface area (TPSA) is 75.1 Å². The zero-order valence-electron chi connectivity index (χ0n) is 9.51. The number of halogens is 1. The Labute approximate surface area is 108 Å². The Balaban J connectivity index is 2.16. The monoisotopic (exact) mass is 263 g/mol. The number of carbonyl (C=O) groups is 1. The molecule has 0 aliphatic carbocycles. The van der Waals surface area contributed by atoms with E-state index in [2.05, 4.69) is 15.5 Å². The molecule has 0 unspecified atom stereocenters. The highest BCUT2D eigenvalue weighted by atomic mass is 35.5. The Hall–Kier alpha value is -2.14. The van der Waals surface area contributed by atoms with E-state index < -0.39 is 0 Å². The predicted octanol–water partition coefficient (Wildman–Crippen LogP) is 2.40. The van der Waals surface area contributed by atoms with Gasteiger partial charge in [-0.1, -0.05) is 11.6 Å². The van der Waals surface area contributed by atoms with Crippen molar-refractivity contribution in [3.8, 4) is 5.75 Å². The molecule has 92 valence electrons. The predicted molar refractivity (Wildman–Crippen MR) is 67.8 cm³/mol. The van der Waals surface area contributed by atoms with Gasteiger partial charge < -0.3 is 10.4 Å². The first-order chi connectivity index (χ1) is 8.56. The third-order valence-corrected chi connectivity index (χ3v) is 2.52. The summed E-state index contributed by atoms with van der Waals surface area (Å²) in [4.78, 5) is 11.8. The van der Waals surface area contributed by atoms with Crippen molar-refractivity contribution >= 4 is 23.2 Å². The summed E-state index contributed by atoms with van der Waals surface area (Å²) < 4.78 is 0. The minimum atomic E-state index is -0.385. The third-order valence-electron chi connectivity index (χ3n) is 2.32. The summed E-state index contributed by atoms with van der Waals surface area (Å²) in [5.41, 5.74) is 1.42. The Morgan fingerprint density at radius 1 is 1.28 bits per heavy atom. The third kappa shape index (κ3) is 2.75. The van der Waals surface area contributed by atoms with E-state index in [-0.39, 0.29) is 22.5 Å². The van der Waals surface area contributed by atoms with Gasteiger partial charge in [-0.3, -0.25) is 4.79 Å². The van der Waals surface area contributed by atoms with Crippen molar-refractivity contribution < 1.29 is 9.90 Å². The van der Waals surface area contributed by atoms with Gasteiger partial charge in [0.2, 0.25) is 0 Å². The van der Waals surface area contributed by atoms with Crippen molar-refractivity contribution in [2.75, 3.05) is 5.32 Å².